The van der Waals surface area contributed by atoms with E-state index in [0.717, 1.165) is 43.9 Å². The maximum Gasteiger partial charge on any atom is 0.227 e. The van der Waals surface area contributed by atoms with Gasteiger partial charge in [0.25, 0.3) is 0 Å². The maximum atomic E-state index is 12.6. The van der Waals surface area contributed by atoms with E-state index < -0.39 is 0 Å². The van der Waals surface area contributed by atoms with E-state index in [2.05, 4.69) is 48.0 Å². The van der Waals surface area contributed by atoms with Gasteiger partial charge in [-0.25, -0.2) is 0 Å². The molecule has 27 heavy (non-hydrogen) atoms. The highest BCUT2D eigenvalue weighted by atomic mass is 16.5. The number of rotatable bonds is 7. The molecule has 0 unspecified atom stereocenters. The number of benzene rings is 2. The van der Waals surface area contributed by atoms with Gasteiger partial charge < -0.3 is 10.1 Å². The van der Waals surface area contributed by atoms with Crippen molar-refractivity contribution in [2.45, 2.75) is 26.3 Å². The molecule has 0 bridgehead atoms. The van der Waals surface area contributed by atoms with Gasteiger partial charge in [0.15, 0.2) is 0 Å². The first-order valence-electron chi connectivity index (χ1n) is 9.56. The van der Waals surface area contributed by atoms with Gasteiger partial charge in [0.05, 0.1) is 0 Å². The molecule has 0 aromatic heterocycles. The minimum Gasteiger partial charge on any atom is -0.489 e. The van der Waals surface area contributed by atoms with E-state index in [4.69, 9.17) is 4.74 Å². The number of carbonyl (C=O) groups excluding carboxylic acids is 1. The van der Waals surface area contributed by atoms with Crippen LogP contribution < -0.4 is 10.1 Å². The molecule has 2 aromatic carbocycles. The molecule has 0 radical (unpaired) electrons. The van der Waals surface area contributed by atoms with E-state index in [1.54, 1.807) is 6.08 Å². The summed E-state index contributed by atoms with van der Waals surface area (Å²) in [6.07, 6.45) is 3.49. The molecule has 1 amide bonds. The molecule has 1 fully saturated rings. The summed E-state index contributed by atoms with van der Waals surface area (Å²) in [7, 11) is 0. The van der Waals surface area contributed by atoms with Crippen LogP contribution >= 0.6 is 0 Å². The minimum atomic E-state index is 0.0667. The summed E-state index contributed by atoms with van der Waals surface area (Å²) in [4.78, 5) is 15.0. The predicted molar refractivity (Wildman–Crippen MR) is 110 cm³/mol. The van der Waals surface area contributed by atoms with Crippen molar-refractivity contribution in [3.63, 3.8) is 0 Å². The fourth-order valence-electron chi connectivity index (χ4n) is 3.37. The summed E-state index contributed by atoms with van der Waals surface area (Å²) in [5.41, 5.74) is 3.40. The topological polar surface area (TPSA) is 41.6 Å². The van der Waals surface area contributed by atoms with Crippen molar-refractivity contribution in [2.75, 3.05) is 25.0 Å². The van der Waals surface area contributed by atoms with Crippen molar-refractivity contribution in [2.24, 2.45) is 5.92 Å². The lowest BCUT2D eigenvalue weighted by Gasteiger charge is -2.31. The third-order valence-electron chi connectivity index (χ3n) is 4.95. The molecular weight excluding hydrogens is 336 g/mol. The fraction of sp³-hybridized carbons (Fsp3) is 0.348. The SMILES string of the molecule is C=CCOc1cccc(NC(=O)C2CCN(Cc3ccc(C)cc3)CC2)c1. The van der Waals surface area contributed by atoms with Gasteiger partial charge in [-0.05, 0) is 50.6 Å². The average molecular weight is 364 g/mol. The molecule has 1 N–H and O–H groups in total. The molecule has 142 valence electrons. The van der Waals surface area contributed by atoms with Gasteiger partial charge in [0.2, 0.25) is 5.91 Å². The number of piperidine rings is 1. The molecule has 2 aromatic rings. The van der Waals surface area contributed by atoms with Gasteiger partial charge in [0.1, 0.15) is 12.4 Å². The number of anilines is 1. The third kappa shape index (κ3) is 5.69. The first-order chi connectivity index (χ1) is 13.1. The van der Waals surface area contributed by atoms with Crippen molar-refractivity contribution in [3.8, 4) is 5.75 Å². The molecular formula is C23H28N2O2. The summed E-state index contributed by atoms with van der Waals surface area (Å²) >= 11 is 0. The average Bonchev–Trinajstić information content (AvgIpc) is 2.69. The monoisotopic (exact) mass is 364 g/mol. The number of nitrogens with one attached hydrogen (secondary N) is 1. The largest absolute Gasteiger partial charge is 0.489 e. The molecule has 1 heterocycles. The highest BCUT2D eigenvalue weighted by Gasteiger charge is 2.25. The lowest BCUT2D eigenvalue weighted by atomic mass is 9.95. The van der Waals surface area contributed by atoms with Gasteiger partial charge in [-0.15, -0.1) is 0 Å². The van der Waals surface area contributed by atoms with Crippen LogP contribution in [0.3, 0.4) is 0 Å². The number of amides is 1. The molecule has 1 aliphatic rings. The Morgan fingerprint density at radius 2 is 1.96 bits per heavy atom. The van der Waals surface area contributed by atoms with Crippen LogP contribution in [0.5, 0.6) is 5.75 Å². The van der Waals surface area contributed by atoms with E-state index in [9.17, 15) is 4.79 Å². The molecule has 0 aliphatic carbocycles. The molecule has 3 rings (SSSR count). The fourth-order valence-corrected chi connectivity index (χ4v) is 3.37. The lowest BCUT2D eigenvalue weighted by Crippen LogP contribution is -2.37. The Balaban J connectivity index is 1.48. The Labute approximate surface area is 161 Å². The van der Waals surface area contributed by atoms with E-state index in [-0.39, 0.29) is 11.8 Å². The van der Waals surface area contributed by atoms with Crippen molar-refractivity contribution < 1.29 is 9.53 Å². The van der Waals surface area contributed by atoms with Crippen LogP contribution in [-0.4, -0.2) is 30.5 Å². The highest BCUT2D eigenvalue weighted by molar-refractivity contribution is 5.92. The van der Waals surface area contributed by atoms with Crippen LogP contribution in [0.2, 0.25) is 0 Å². The molecule has 1 saturated heterocycles. The van der Waals surface area contributed by atoms with E-state index in [1.807, 2.05) is 24.3 Å². The summed E-state index contributed by atoms with van der Waals surface area (Å²) in [6.45, 7) is 9.07. The standard InChI is InChI=1S/C23H28N2O2/c1-3-15-27-22-6-4-5-21(16-22)24-23(26)20-11-13-25(14-12-20)17-19-9-7-18(2)8-10-19/h3-10,16,20H,1,11-15,17H2,2H3,(H,24,26). The van der Waals surface area contributed by atoms with Crippen LogP contribution in [0.4, 0.5) is 5.69 Å². The van der Waals surface area contributed by atoms with Gasteiger partial charge in [0, 0.05) is 24.2 Å². The first-order valence-corrected chi connectivity index (χ1v) is 9.56. The Bertz CT molecular complexity index is 762. The lowest BCUT2D eigenvalue weighted by molar-refractivity contribution is -0.121. The van der Waals surface area contributed by atoms with Crippen molar-refractivity contribution in [3.05, 3.63) is 72.3 Å². The zero-order valence-electron chi connectivity index (χ0n) is 16.0. The molecule has 0 atom stereocenters. The number of nitrogens with zero attached hydrogens (tertiary/aromatic N) is 1. The smallest absolute Gasteiger partial charge is 0.227 e. The molecule has 1 aliphatic heterocycles. The minimum absolute atomic E-state index is 0.0667. The number of likely N-dealkylation sites (tertiary alicyclic amines) is 1. The Kier molecular flexibility index (Phi) is 6.66. The van der Waals surface area contributed by atoms with E-state index >= 15 is 0 Å². The van der Waals surface area contributed by atoms with Crippen molar-refractivity contribution in [1.29, 1.82) is 0 Å². The molecule has 4 heteroatoms. The number of hydrogen-bond donors (Lipinski definition) is 1. The molecule has 4 nitrogen and oxygen atoms in total. The van der Waals surface area contributed by atoms with E-state index in [1.165, 1.54) is 11.1 Å². The van der Waals surface area contributed by atoms with Gasteiger partial charge in [-0.1, -0.05) is 48.6 Å². The van der Waals surface area contributed by atoms with Crippen LogP contribution in [0, 0.1) is 12.8 Å². The summed E-state index contributed by atoms with van der Waals surface area (Å²) < 4.78 is 5.52. The molecule has 0 spiro atoms. The summed E-state index contributed by atoms with van der Waals surface area (Å²) in [5.74, 6) is 0.906. The highest BCUT2D eigenvalue weighted by Crippen LogP contribution is 2.23. The van der Waals surface area contributed by atoms with E-state index in [0.29, 0.717) is 6.61 Å². The van der Waals surface area contributed by atoms with Crippen molar-refractivity contribution >= 4 is 11.6 Å². The Morgan fingerprint density at radius 3 is 2.67 bits per heavy atom. The number of aryl methyl sites for hydroxylation is 1. The Hall–Kier alpha value is -2.59. The zero-order chi connectivity index (χ0) is 19.1. The second-order valence-electron chi connectivity index (χ2n) is 7.15. The third-order valence-corrected chi connectivity index (χ3v) is 4.95. The van der Waals surface area contributed by atoms with Gasteiger partial charge in [-0.2, -0.15) is 0 Å². The van der Waals surface area contributed by atoms with Gasteiger partial charge >= 0.3 is 0 Å². The summed E-state index contributed by atoms with van der Waals surface area (Å²) in [5, 5.41) is 3.04. The number of hydrogen-bond acceptors (Lipinski definition) is 3. The zero-order valence-corrected chi connectivity index (χ0v) is 16.0. The first kappa shape index (κ1) is 19.2. The Morgan fingerprint density at radius 1 is 1.22 bits per heavy atom. The second-order valence-corrected chi connectivity index (χ2v) is 7.15. The summed E-state index contributed by atoms with van der Waals surface area (Å²) in [6, 6.07) is 16.2. The second kappa shape index (κ2) is 9.38. The van der Waals surface area contributed by atoms with Crippen LogP contribution in [0.1, 0.15) is 24.0 Å². The van der Waals surface area contributed by atoms with Crippen LogP contribution in [0.25, 0.3) is 0 Å². The van der Waals surface area contributed by atoms with Crippen LogP contribution in [-0.2, 0) is 11.3 Å². The number of carbonyl (C=O) groups is 1. The molecule has 0 saturated carbocycles. The quantitative estimate of drug-likeness (QED) is 0.740. The van der Waals surface area contributed by atoms with Crippen molar-refractivity contribution in [1.82, 2.24) is 4.90 Å². The normalized spacial score (nSPS) is 15.3. The van der Waals surface area contributed by atoms with Crippen LogP contribution in [0.15, 0.2) is 61.2 Å². The maximum absolute atomic E-state index is 12.6. The number of ether oxygens (including phenoxy) is 1. The predicted octanol–water partition coefficient (Wildman–Crippen LogP) is 4.41. The van der Waals surface area contributed by atoms with Gasteiger partial charge in [-0.3, -0.25) is 9.69 Å².